The lowest BCUT2D eigenvalue weighted by molar-refractivity contribution is 0.155. The van der Waals surface area contributed by atoms with Crippen LogP contribution in [0.2, 0.25) is 0 Å². The van der Waals surface area contributed by atoms with Gasteiger partial charge in [-0.15, -0.1) is 21.5 Å². The molecule has 0 unspecified atom stereocenters. The van der Waals surface area contributed by atoms with E-state index in [2.05, 4.69) is 54.2 Å². The molecule has 1 aliphatic rings. The number of hydrogen-bond acceptors (Lipinski definition) is 5. The van der Waals surface area contributed by atoms with Crippen molar-refractivity contribution in [3.63, 3.8) is 0 Å². The summed E-state index contributed by atoms with van der Waals surface area (Å²) in [6, 6.07) is 2.75. The molecule has 0 spiro atoms. The highest BCUT2D eigenvalue weighted by Gasteiger charge is 2.29. The average Bonchev–Trinajstić information content (AvgIpc) is 3.06. The van der Waals surface area contributed by atoms with E-state index >= 15 is 0 Å². The summed E-state index contributed by atoms with van der Waals surface area (Å²) in [5, 5.41) is 10.6. The number of rotatable bonds is 3. The Labute approximate surface area is 130 Å². The minimum Gasteiger partial charge on any atom is -0.423 e. The van der Waals surface area contributed by atoms with Gasteiger partial charge in [0.15, 0.2) is 0 Å². The van der Waals surface area contributed by atoms with Gasteiger partial charge in [-0.1, -0.05) is 27.7 Å². The van der Waals surface area contributed by atoms with Gasteiger partial charge in [0.05, 0.1) is 6.54 Å². The van der Waals surface area contributed by atoms with Crippen molar-refractivity contribution in [2.75, 3.05) is 6.54 Å². The van der Waals surface area contributed by atoms with Crippen molar-refractivity contribution in [3.8, 4) is 0 Å². The first-order valence-corrected chi connectivity index (χ1v) is 8.50. The Balaban J connectivity index is 1.77. The summed E-state index contributed by atoms with van der Waals surface area (Å²) >= 11 is 1.88. The lowest BCUT2D eigenvalue weighted by Crippen LogP contribution is -2.34. The van der Waals surface area contributed by atoms with Crippen LogP contribution in [0.3, 0.4) is 0 Å². The summed E-state index contributed by atoms with van der Waals surface area (Å²) in [7, 11) is 0. The van der Waals surface area contributed by atoms with Gasteiger partial charge in [0.1, 0.15) is 0 Å². The first-order valence-electron chi connectivity index (χ1n) is 7.62. The number of thiophene rings is 1. The number of nitrogens with zero attached hydrogens (tertiary/aromatic N) is 3. The third-order valence-electron chi connectivity index (χ3n) is 4.04. The van der Waals surface area contributed by atoms with E-state index in [0.29, 0.717) is 6.04 Å². The molecule has 1 aliphatic heterocycles. The molecule has 3 rings (SSSR count). The van der Waals surface area contributed by atoms with Crippen LogP contribution in [-0.4, -0.2) is 21.6 Å². The molecule has 0 bridgehead atoms. The maximum absolute atomic E-state index is 5.85. The molecule has 0 saturated heterocycles. The minimum absolute atomic E-state index is 0.0855. The molecule has 2 aromatic heterocycles. The second-order valence-electron chi connectivity index (χ2n) is 6.69. The molecule has 0 aromatic carbocycles. The summed E-state index contributed by atoms with van der Waals surface area (Å²) in [5.41, 5.74) is 1.40. The summed E-state index contributed by atoms with van der Waals surface area (Å²) in [6.45, 7) is 10.3. The van der Waals surface area contributed by atoms with E-state index in [1.807, 2.05) is 11.3 Å². The first-order chi connectivity index (χ1) is 9.99. The van der Waals surface area contributed by atoms with Crippen molar-refractivity contribution in [1.82, 2.24) is 15.1 Å². The van der Waals surface area contributed by atoms with E-state index in [0.717, 1.165) is 37.7 Å². The maximum atomic E-state index is 5.85. The van der Waals surface area contributed by atoms with Gasteiger partial charge in [0.2, 0.25) is 11.8 Å². The molecule has 0 amide bonds. The van der Waals surface area contributed by atoms with Gasteiger partial charge >= 0.3 is 0 Å². The highest BCUT2D eigenvalue weighted by atomic mass is 32.1. The van der Waals surface area contributed by atoms with Crippen molar-refractivity contribution in [3.05, 3.63) is 33.7 Å². The summed E-state index contributed by atoms with van der Waals surface area (Å²) in [5.74, 6) is 1.45. The predicted octanol–water partition coefficient (Wildman–Crippen LogP) is 3.94. The zero-order valence-electron chi connectivity index (χ0n) is 13.2. The van der Waals surface area contributed by atoms with Gasteiger partial charge < -0.3 is 4.42 Å². The van der Waals surface area contributed by atoms with Gasteiger partial charge in [0, 0.05) is 22.9 Å². The van der Waals surface area contributed by atoms with Gasteiger partial charge in [-0.25, -0.2) is 0 Å². The second-order valence-corrected chi connectivity index (χ2v) is 7.70. The number of fused-ring (bicyclic) bond motifs is 1. The van der Waals surface area contributed by atoms with Gasteiger partial charge in [-0.2, -0.15) is 0 Å². The number of aromatic nitrogens is 2. The van der Waals surface area contributed by atoms with E-state index in [9.17, 15) is 0 Å². The van der Waals surface area contributed by atoms with Crippen LogP contribution in [0.1, 0.15) is 62.4 Å². The molecule has 0 saturated carbocycles. The molecule has 0 aliphatic carbocycles. The van der Waals surface area contributed by atoms with Crippen LogP contribution in [0, 0.1) is 0 Å². The zero-order valence-corrected chi connectivity index (χ0v) is 14.0. The first kappa shape index (κ1) is 14.7. The van der Waals surface area contributed by atoms with E-state index < -0.39 is 0 Å². The van der Waals surface area contributed by atoms with E-state index in [1.54, 1.807) is 4.88 Å². The highest BCUT2D eigenvalue weighted by Crippen LogP contribution is 2.36. The lowest BCUT2D eigenvalue weighted by Gasteiger charge is -2.34. The summed E-state index contributed by atoms with van der Waals surface area (Å²) < 4.78 is 5.85. The third kappa shape index (κ3) is 2.90. The van der Waals surface area contributed by atoms with Crippen molar-refractivity contribution < 1.29 is 4.42 Å². The second kappa shape index (κ2) is 5.54. The Morgan fingerprint density at radius 2 is 2.19 bits per heavy atom. The quantitative estimate of drug-likeness (QED) is 0.861. The predicted molar refractivity (Wildman–Crippen MR) is 84.5 cm³/mol. The van der Waals surface area contributed by atoms with Gasteiger partial charge in [0.25, 0.3) is 0 Å². The molecule has 0 radical (unpaired) electrons. The van der Waals surface area contributed by atoms with Crippen LogP contribution in [0.25, 0.3) is 0 Å². The lowest BCUT2D eigenvalue weighted by atomic mass is 9.97. The maximum Gasteiger partial charge on any atom is 0.230 e. The standard InChI is InChI=1S/C16H23N3OS/c1-5-12-11-7-9-21-13(11)6-8-19(12)10-14-17-18-15(20-14)16(2,3)4/h7,9,12H,5-6,8,10H2,1-4H3/t12-/m1/s1. The van der Waals surface area contributed by atoms with Gasteiger partial charge in [-0.05, 0) is 29.9 Å². The Morgan fingerprint density at radius 3 is 2.86 bits per heavy atom. The molecule has 21 heavy (non-hydrogen) atoms. The fourth-order valence-electron chi connectivity index (χ4n) is 2.91. The van der Waals surface area contributed by atoms with Crippen LogP contribution in [-0.2, 0) is 18.4 Å². The van der Waals surface area contributed by atoms with Crippen molar-refractivity contribution in [2.45, 2.75) is 58.5 Å². The largest absolute Gasteiger partial charge is 0.423 e. The molecule has 114 valence electrons. The highest BCUT2D eigenvalue weighted by molar-refractivity contribution is 7.10. The van der Waals surface area contributed by atoms with Crippen LogP contribution in [0.15, 0.2) is 15.9 Å². The molecular weight excluding hydrogens is 282 g/mol. The summed E-state index contributed by atoms with van der Waals surface area (Å²) in [6.07, 6.45) is 2.24. The monoisotopic (exact) mass is 305 g/mol. The molecule has 3 heterocycles. The number of hydrogen-bond donors (Lipinski definition) is 0. The van der Waals surface area contributed by atoms with Crippen molar-refractivity contribution in [1.29, 1.82) is 0 Å². The molecule has 0 fully saturated rings. The molecule has 5 heteroatoms. The molecule has 1 atom stereocenters. The normalized spacial score (nSPS) is 19.7. The topological polar surface area (TPSA) is 42.2 Å². The van der Waals surface area contributed by atoms with E-state index in [4.69, 9.17) is 4.42 Å². The zero-order chi connectivity index (χ0) is 15.0. The fraction of sp³-hybridized carbons (Fsp3) is 0.625. The van der Waals surface area contributed by atoms with Crippen LogP contribution >= 0.6 is 11.3 Å². The Morgan fingerprint density at radius 1 is 1.38 bits per heavy atom. The van der Waals surface area contributed by atoms with Crippen LogP contribution < -0.4 is 0 Å². The van der Waals surface area contributed by atoms with Crippen molar-refractivity contribution in [2.24, 2.45) is 0 Å². The van der Waals surface area contributed by atoms with E-state index in [-0.39, 0.29) is 5.41 Å². The Hall–Kier alpha value is -1.20. The Kier molecular flexibility index (Phi) is 3.88. The minimum atomic E-state index is -0.0855. The molecule has 2 aromatic rings. The fourth-order valence-corrected chi connectivity index (χ4v) is 3.84. The SMILES string of the molecule is CC[C@@H]1c2ccsc2CCN1Cc1nnc(C(C)(C)C)o1. The smallest absolute Gasteiger partial charge is 0.230 e. The van der Waals surface area contributed by atoms with Gasteiger partial charge in [-0.3, -0.25) is 4.90 Å². The Bertz CT molecular complexity index is 611. The molecule has 0 N–H and O–H groups in total. The average molecular weight is 305 g/mol. The van der Waals surface area contributed by atoms with Crippen molar-refractivity contribution >= 4 is 11.3 Å². The van der Waals surface area contributed by atoms with Crippen LogP contribution in [0.4, 0.5) is 0 Å². The van der Waals surface area contributed by atoms with Crippen LogP contribution in [0.5, 0.6) is 0 Å². The summed E-state index contributed by atoms with van der Waals surface area (Å²) in [4.78, 5) is 4.01. The molecule has 4 nitrogen and oxygen atoms in total. The van der Waals surface area contributed by atoms with E-state index in [1.165, 1.54) is 5.56 Å². The molecular formula is C16H23N3OS. The third-order valence-corrected chi connectivity index (χ3v) is 5.04.